The summed E-state index contributed by atoms with van der Waals surface area (Å²) >= 11 is 0. The maximum absolute atomic E-state index is 12.6. The van der Waals surface area contributed by atoms with E-state index in [1.54, 1.807) is 0 Å². The van der Waals surface area contributed by atoms with Crippen molar-refractivity contribution in [3.8, 4) is 0 Å². The van der Waals surface area contributed by atoms with Crippen LogP contribution in [0.3, 0.4) is 0 Å². The molecule has 0 radical (unpaired) electrons. The molecule has 0 aromatic heterocycles. The standard InChI is InChI=1S/C16H29N3O2/c1-11-7-12(2)9-19(8-11)16(21)13(3)18(4)10-15(20)17-14-5-6-14/h11-14H,5-10H2,1-4H3,(H,17,20)/p+1/t11-,12-,13-/m1/s1. The molecule has 1 saturated heterocycles. The number of likely N-dealkylation sites (tertiary alicyclic amines) is 1. The van der Waals surface area contributed by atoms with Crippen molar-refractivity contribution in [1.82, 2.24) is 10.2 Å². The SMILES string of the molecule is C[C@@H]1C[C@@H](C)CN(C(=O)[C@@H](C)[NH+](C)CC(=O)NC2CC2)C1. The third kappa shape index (κ3) is 4.70. The van der Waals surface area contributed by atoms with Gasteiger partial charge in [-0.05, 0) is 38.0 Å². The van der Waals surface area contributed by atoms with Crippen LogP contribution in [0.4, 0.5) is 0 Å². The molecule has 2 rings (SSSR count). The van der Waals surface area contributed by atoms with Gasteiger partial charge in [0, 0.05) is 19.1 Å². The quantitative estimate of drug-likeness (QED) is 0.730. The van der Waals surface area contributed by atoms with Gasteiger partial charge in [-0.2, -0.15) is 0 Å². The number of carbonyl (C=O) groups is 2. The lowest BCUT2D eigenvalue weighted by Gasteiger charge is -2.36. The molecule has 1 heterocycles. The van der Waals surface area contributed by atoms with Crippen molar-refractivity contribution in [1.29, 1.82) is 0 Å². The van der Waals surface area contributed by atoms with Gasteiger partial charge in [0.25, 0.3) is 11.8 Å². The second-order valence-electron chi connectivity index (χ2n) is 7.28. The number of nitrogens with one attached hydrogen (secondary N) is 2. The number of hydrogen-bond donors (Lipinski definition) is 2. The maximum Gasteiger partial charge on any atom is 0.280 e. The minimum Gasteiger partial charge on any atom is -0.348 e. The van der Waals surface area contributed by atoms with Gasteiger partial charge in [0.2, 0.25) is 0 Å². The Hall–Kier alpha value is -1.10. The van der Waals surface area contributed by atoms with Crippen LogP contribution in [0.2, 0.25) is 0 Å². The van der Waals surface area contributed by atoms with Crippen molar-refractivity contribution in [2.24, 2.45) is 11.8 Å². The van der Waals surface area contributed by atoms with Gasteiger partial charge < -0.3 is 15.1 Å². The van der Waals surface area contributed by atoms with Crippen LogP contribution in [0.5, 0.6) is 0 Å². The Kier molecular flexibility index (Phi) is 5.25. The fraction of sp³-hybridized carbons (Fsp3) is 0.875. The number of hydrogen-bond acceptors (Lipinski definition) is 2. The summed E-state index contributed by atoms with van der Waals surface area (Å²) in [7, 11) is 1.94. The van der Waals surface area contributed by atoms with Crippen LogP contribution in [0.1, 0.15) is 40.0 Å². The van der Waals surface area contributed by atoms with Gasteiger partial charge >= 0.3 is 0 Å². The number of nitrogens with zero attached hydrogens (tertiary/aromatic N) is 1. The van der Waals surface area contributed by atoms with Crippen molar-refractivity contribution in [3.63, 3.8) is 0 Å². The molecule has 1 aliphatic heterocycles. The molecule has 0 aromatic rings. The van der Waals surface area contributed by atoms with Crippen molar-refractivity contribution >= 4 is 11.8 Å². The van der Waals surface area contributed by atoms with E-state index in [0.717, 1.165) is 30.8 Å². The predicted molar refractivity (Wildman–Crippen MR) is 81.9 cm³/mol. The first-order valence-corrected chi connectivity index (χ1v) is 8.27. The lowest BCUT2D eigenvalue weighted by Crippen LogP contribution is -3.15. The Morgan fingerprint density at radius 2 is 1.81 bits per heavy atom. The van der Waals surface area contributed by atoms with Crippen LogP contribution in [-0.2, 0) is 9.59 Å². The number of piperidine rings is 1. The summed E-state index contributed by atoms with van der Waals surface area (Å²) in [5.41, 5.74) is 0. The molecule has 0 aromatic carbocycles. The van der Waals surface area contributed by atoms with Crippen molar-refractivity contribution in [3.05, 3.63) is 0 Å². The summed E-state index contributed by atoms with van der Waals surface area (Å²) in [6, 6.07) is 0.229. The largest absolute Gasteiger partial charge is 0.348 e. The number of amides is 2. The summed E-state index contributed by atoms with van der Waals surface area (Å²) in [5, 5.41) is 2.99. The number of quaternary nitrogens is 1. The van der Waals surface area contributed by atoms with Gasteiger partial charge in [-0.15, -0.1) is 0 Å². The van der Waals surface area contributed by atoms with Crippen molar-refractivity contribution in [2.45, 2.75) is 52.1 Å². The highest BCUT2D eigenvalue weighted by Crippen LogP contribution is 2.21. The molecule has 1 unspecified atom stereocenters. The highest BCUT2D eigenvalue weighted by atomic mass is 16.2. The summed E-state index contributed by atoms with van der Waals surface area (Å²) in [4.78, 5) is 27.4. The topological polar surface area (TPSA) is 53.9 Å². The van der Waals surface area contributed by atoms with Gasteiger partial charge in [-0.3, -0.25) is 9.59 Å². The Bertz CT molecular complexity index is 385. The van der Waals surface area contributed by atoms with E-state index in [1.807, 2.05) is 18.9 Å². The molecule has 2 aliphatic rings. The smallest absolute Gasteiger partial charge is 0.280 e. The highest BCUT2D eigenvalue weighted by Gasteiger charge is 2.33. The molecule has 4 atom stereocenters. The van der Waals surface area contributed by atoms with Crippen LogP contribution < -0.4 is 10.2 Å². The zero-order chi connectivity index (χ0) is 15.6. The molecular formula is C16H30N3O2+. The highest BCUT2D eigenvalue weighted by molar-refractivity contribution is 5.81. The van der Waals surface area contributed by atoms with E-state index in [1.165, 1.54) is 6.42 Å². The molecule has 0 bridgehead atoms. The fourth-order valence-corrected chi connectivity index (χ4v) is 3.24. The van der Waals surface area contributed by atoms with Gasteiger partial charge in [0.15, 0.2) is 12.6 Å². The Labute approximate surface area is 128 Å². The van der Waals surface area contributed by atoms with Gasteiger partial charge in [0.1, 0.15) is 0 Å². The first kappa shape index (κ1) is 16.3. The van der Waals surface area contributed by atoms with Gasteiger partial charge in [0.05, 0.1) is 7.05 Å². The fourth-order valence-electron chi connectivity index (χ4n) is 3.24. The second kappa shape index (κ2) is 6.77. The first-order valence-electron chi connectivity index (χ1n) is 8.27. The molecule has 21 heavy (non-hydrogen) atoms. The second-order valence-corrected chi connectivity index (χ2v) is 7.28. The zero-order valence-corrected chi connectivity index (χ0v) is 13.8. The molecule has 2 N–H and O–H groups in total. The van der Waals surface area contributed by atoms with E-state index < -0.39 is 0 Å². The third-order valence-corrected chi connectivity index (χ3v) is 4.67. The summed E-state index contributed by atoms with van der Waals surface area (Å²) in [5.74, 6) is 1.40. The molecule has 1 aliphatic carbocycles. The predicted octanol–water partition coefficient (Wildman–Crippen LogP) is -0.327. The molecule has 0 spiro atoms. The van der Waals surface area contributed by atoms with Crippen molar-refractivity contribution in [2.75, 3.05) is 26.7 Å². The average Bonchev–Trinajstić information content (AvgIpc) is 3.19. The monoisotopic (exact) mass is 296 g/mol. The minimum atomic E-state index is -0.160. The van der Waals surface area contributed by atoms with Crippen LogP contribution in [0.25, 0.3) is 0 Å². The van der Waals surface area contributed by atoms with Gasteiger partial charge in [-0.25, -0.2) is 0 Å². The molecular weight excluding hydrogens is 266 g/mol. The normalized spacial score (nSPS) is 28.9. The van der Waals surface area contributed by atoms with E-state index in [2.05, 4.69) is 19.2 Å². The van der Waals surface area contributed by atoms with Gasteiger partial charge in [-0.1, -0.05) is 13.8 Å². The van der Waals surface area contributed by atoms with Crippen molar-refractivity contribution < 1.29 is 14.5 Å². The van der Waals surface area contributed by atoms with E-state index in [-0.39, 0.29) is 17.9 Å². The molecule has 120 valence electrons. The number of carbonyl (C=O) groups excluding carboxylic acids is 2. The zero-order valence-electron chi connectivity index (χ0n) is 13.8. The maximum atomic E-state index is 12.6. The lowest BCUT2D eigenvalue weighted by molar-refractivity contribution is -0.886. The molecule has 5 nitrogen and oxygen atoms in total. The number of likely N-dealkylation sites (N-methyl/N-ethyl adjacent to an activating group) is 1. The number of rotatable bonds is 5. The molecule has 2 fully saturated rings. The van der Waals surface area contributed by atoms with Crippen LogP contribution in [0.15, 0.2) is 0 Å². The van der Waals surface area contributed by atoms with E-state index in [0.29, 0.717) is 24.4 Å². The van der Waals surface area contributed by atoms with E-state index >= 15 is 0 Å². The summed E-state index contributed by atoms with van der Waals surface area (Å²) < 4.78 is 0. The Morgan fingerprint density at radius 1 is 1.24 bits per heavy atom. The lowest BCUT2D eigenvalue weighted by atomic mass is 9.91. The van der Waals surface area contributed by atoms with E-state index in [4.69, 9.17) is 0 Å². The average molecular weight is 296 g/mol. The first-order chi connectivity index (χ1) is 9.86. The van der Waals surface area contributed by atoms with Crippen LogP contribution in [0, 0.1) is 11.8 Å². The molecule has 2 amide bonds. The van der Waals surface area contributed by atoms with Crippen LogP contribution in [-0.4, -0.2) is 55.5 Å². The Morgan fingerprint density at radius 3 is 2.33 bits per heavy atom. The third-order valence-electron chi connectivity index (χ3n) is 4.67. The minimum absolute atomic E-state index is 0.0648. The molecule has 1 saturated carbocycles. The van der Waals surface area contributed by atoms with E-state index in [9.17, 15) is 9.59 Å². The summed E-state index contributed by atoms with van der Waals surface area (Å²) in [6.07, 6.45) is 3.40. The van der Waals surface area contributed by atoms with Crippen LogP contribution >= 0.6 is 0 Å². The molecule has 5 heteroatoms. The Balaban J connectivity index is 1.83. The summed E-state index contributed by atoms with van der Waals surface area (Å²) in [6.45, 7) is 8.44.